The Morgan fingerprint density at radius 3 is 1.95 bits per heavy atom. The second-order valence-corrected chi connectivity index (χ2v) is 11.3. The van der Waals surface area contributed by atoms with Gasteiger partial charge in [0.1, 0.15) is 29.1 Å². The Hall–Kier alpha value is -3.36. The SMILES string of the molecule is COc1ccc(OP(=S)(OC[C@@]2(C(F)F)O[C@@H](n3ccc(=O)[nH]c3=O)[C@@H](F)[C@@H]2O)Oc2ccc(OC)cc2)cc1. The first kappa shape index (κ1) is 29.6. The van der Waals surface area contributed by atoms with Gasteiger partial charge in [-0.2, -0.15) is 0 Å². The highest BCUT2D eigenvalue weighted by molar-refractivity contribution is 8.07. The fraction of sp³-hybridized carbons (Fsp3) is 0.333. The van der Waals surface area contributed by atoms with Gasteiger partial charge in [-0.15, -0.1) is 0 Å². The predicted octanol–water partition coefficient (Wildman–Crippen LogP) is 3.18. The van der Waals surface area contributed by atoms with Gasteiger partial charge in [0.25, 0.3) is 12.0 Å². The lowest BCUT2D eigenvalue weighted by molar-refractivity contribution is -0.192. The summed E-state index contributed by atoms with van der Waals surface area (Å²) in [6, 6.07) is 13.0. The van der Waals surface area contributed by atoms with Gasteiger partial charge in [-0.1, -0.05) is 0 Å². The van der Waals surface area contributed by atoms with E-state index in [1.165, 1.54) is 38.5 Å². The normalized spacial score (nSPS) is 22.7. The van der Waals surface area contributed by atoms with Crippen LogP contribution in [0.25, 0.3) is 0 Å². The van der Waals surface area contributed by atoms with Crippen LogP contribution in [0.4, 0.5) is 13.2 Å². The van der Waals surface area contributed by atoms with E-state index in [1.54, 1.807) is 24.3 Å². The molecule has 2 N–H and O–H groups in total. The molecule has 216 valence electrons. The Morgan fingerprint density at radius 1 is 1.00 bits per heavy atom. The number of hydrogen-bond donors (Lipinski definition) is 2. The molecule has 40 heavy (non-hydrogen) atoms. The summed E-state index contributed by atoms with van der Waals surface area (Å²) >= 11 is 5.50. The molecule has 1 aliphatic rings. The molecule has 0 bridgehead atoms. The quantitative estimate of drug-likeness (QED) is 0.315. The summed E-state index contributed by atoms with van der Waals surface area (Å²) in [7, 11) is 2.92. The summed E-state index contributed by atoms with van der Waals surface area (Å²) in [5, 5.41) is 10.6. The average Bonchev–Trinajstić information content (AvgIpc) is 3.19. The van der Waals surface area contributed by atoms with Crippen molar-refractivity contribution in [2.75, 3.05) is 20.8 Å². The molecule has 2 heterocycles. The summed E-state index contributed by atoms with van der Waals surface area (Å²) < 4.78 is 77.2. The highest BCUT2D eigenvalue weighted by Gasteiger charge is 2.62. The molecule has 4 atom stereocenters. The van der Waals surface area contributed by atoms with Crippen molar-refractivity contribution in [2.24, 2.45) is 0 Å². The topological polar surface area (TPSA) is 130 Å². The van der Waals surface area contributed by atoms with Crippen molar-refractivity contribution in [3.05, 3.63) is 81.6 Å². The van der Waals surface area contributed by atoms with Crippen LogP contribution >= 0.6 is 6.72 Å². The lowest BCUT2D eigenvalue weighted by Crippen LogP contribution is -2.52. The maximum absolute atomic E-state index is 15.1. The Balaban J connectivity index is 1.64. The number of alkyl halides is 3. The predicted molar refractivity (Wildman–Crippen MR) is 139 cm³/mol. The molecule has 1 saturated heterocycles. The molecule has 1 aliphatic heterocycles. The number of aromatic nitrogens is 2. The Morgan fingerprint density at radius 2 is 1.50 bits per heavy atom. The Kier molecular flexibility index (Phi) is 8.90. The zero-order valence-electron chi connectivity index (χ0n) is 20.9. The standard InChI is InChI=1S/C24H24F3N2O9PS/c1-33-14-3-7-16(8-4-14)37-39(40,38-17-9-5-15(34-2)6-10-17)35-13-24(22(26)27)20(31)19(25)21(36-24)29-12-11-18(30)28-23(29)32/h3-12,19-22,31H,13H2,1-2H3,(H,28,30,32)/t19-,20-,21+,24+/m0/s1. The largest absolute Gasteiger partial charge is 0.497 e. The number of rotatable bonds is 11. The van der Waals surface area contributed by atoms with Crippen molar-refractivity contribution >= 4 is 18.5 Å². The number of hydrogen-bond acceptors (Lipinski definition) is 10. The van der Waals surface area contributed by atoms with Gasteiger partial charge in [0.2, 0.25) is 0 Å². The van der Waals surface area contributed by atoms with E-state index in [-0.39, 0.29) is 11.5 Å². The average molecular weight is 604 g/mol. The summed E-state index contributed by atoms with van der Waals surface area (Å²) in [6.07, 6.45) is -9.66. The molecule has 0 amide bonds. The van der Waals surface area contributed by atoms with Crippen molar-refractivity contribution in [2.45, 2.75) is 30.5 Å². The first-order valence-electron chi connectivity index (χ1n) is 11.5. The van der Waals surface area contributed by atoms with Gasteiger partial charge in [0.05, 0.1) is 20.8 Å². The maximum atomic E-state index is 15.1. The van der Waals surface area contributed by atoms with Crippen LogP contribution in [0.1, 0.15) is 6.23 Å². The number of aliphatic hydroxyl groups is 1. The van der Waals surface area contributed by atoms with Crippen molar-refractivity contribution in [1.29, 1.82) is 0 Å². The number of nitrogens with zero attached hydrogens (tertiary/aromatic N) is 1. The fourth-order valence-electron chi connectivity index (χ4n) is 3.77. The van der Waals surface area contributed by atoms with Gasteiger partial charge in [0.15, 0.2) is 18.0 Å². The Labute approximate surface area is 230 Å². The van der Waals surface area contributed by atoms with Crippen molar-refractivity contribution in [1.82, 2.24) is 9.55 Å². The smallest absolute Gasteiger partial charge is 0.435 e. The maximum Gasteiger partial charge on any atom is 0.435 e. The second kappa shape index (κ2) is 12.0. The van der Waals surface area contributed by atoms with Crippen molar-refractivity contribution in [3.63, 3.8) is 0 Å². The number of aliphatic hydroxyl groups excluding tert-OH is 1. The molecule has 16 heteroatoms. The van der Waals surface area contributed by atoms with Crippen molar-refractivity contribution in [3.8, 4) is 23.0 Å². The lowest BCUT2D eigenvalue weighted by Gasteiger charge is -2.32. The molecule has 11 nitrogen and oxygen atoms in total. The minimum atomic E-state index is -4.01. The molecule has 2 aromatic carbocycles. The zero-order chi connectivity index (χ0) is 29.1. The van der Waals surface area contributed by atoms with Gasteiger partial charge in [-0.25, -0.2) is 18.0 Å². The minimum absolute atomic E-state index is 0.137. The van der Waals surface area contributed by atoms with E-state index in [0.29, 0.717) is 16.1 Å². The van der Waals surface area contributed by atoms with Crippen LogP contribution in [-0.2, 0) is 21.1 Å². The van der Waals surface area contributed by atoms with Gasteiger partial charge in [-0.3, -0.25) is 18.9 Å². The molecule has 4 rings (SSSR count). The molecular formula is C24H24F3N2O9PS. The second-order valence-electron chi connectivity index (χ2n) is 8.43. The van der Waals surface area contributed by atoms with Crippen LogP contribution in [-0.4, -0.2) is 59.8 Å². The molecule has 3 aromatic rings. The molecule has 1 aromatic heterocycles. The van der Waals surface area contributed by atoms with Crippen LogP contribution in [0, 0.1) is 0 Å². The minimum Gasteiger partial charge on any atom is -0.497 e. The van der Waals surface area contributed by atoms with Gasteiger partial charge in [-0.05, 0) is 48.5 Å². The first-order chi connectivity index (χ1) is 19.0. The van der Waals surface area contributed by atoms with Gasteiger partial charge in [0, 0.05) is 24.1 Å². The number of methoxy groups -OCH3 is 2. The molecular weight excluding hydrogens is 580 g/mol. The lowest BCUT2D eigenvalue weighted by atomic mass is 9.97. The first-order valence-corrected chi connectivity index (χ1v) is 14.1. The molecule has 0 saturated carbocycles. The van der Waals surface area contributed by atoms with Crippen LogP contribution in [0.3, 0.4) is 0 Å². The van der Waals surface area contributed by atoms with Gasteiger partial charge < -0.3 is 28.4 Å². The number of H-pyrrole nitrogens is 1. The number of ether oxygens (including phenoxy) is 3. The summed E-state index contributed by atoms with van der Waals surface area (Å²) in [5.41, 5.74) is -4.92. The number of benzene rings is 2. The van der Waals surface area contributed by atoms with E-state index in [9.17, 15) is 23.5 Å². The van der Waals surface area contributed by atoms with E-state index in [0.717, 1.165) is 12.3 Å². The van der Waals surface area contributed by atoms with Crippen LogP contribution < -0.4 is 29.8 Å². The van der Waals surface area contributed by atoms with Crippen molar-refractivity contribution < 1.29 is 46.1 Å². The third-order valence-corrected chi connectivity index (χ3v) is 7.99. The molecule has 0 aliphatic carbocycles. The molecule has 0 spiro atoms. The molecule has 1 fully saturated rings. The highest BCUT2D eigenvalue weighted by atomic mass is 32.5. The van der Waals surface area contributed by atoms with Crippen LogP contribution in [0.2, 0.25) is 0 Å². The zero-order valence-corrected chi connectivity index (χ0v) is 22.7. The van der Waals surface area contributed by atoms with E-state index < -0.39 is 55.1 Å². The third-order valence-electron chi connectivity index (χ3n) is 5.91. The monoisotopic (exact) mass is 604 g/mol. The third kappa shape index (κ3) is 6.18. The highest BCUT2D eigenvalue weighted by Crippen LogP contribution is 2.53. The van der Waals surface area contributed by atoms with E-state index in [1.807, 2.05) is 4.98 Å². The molecule has 0 unspecified atom stereocenters. The Bertz CT molecular complexity index is 1420. The van der Waals surface area contributed by atoms with E-state index in [4.69, 9.17) is 39.6 Å². The van der Waals surface area contributed by atoms with Crippen LogP contribution in [0.5, 0.6) is 23.0 Å². The summed E-state index contributed by atoms with van der Waals surface area (Å²) in [4.78, 5) is 25.4. The number of halogens is 3. The van der Waals surface area contributed by atoms with E-state index >= 15 is 4.39 Å². The summed E-state index contributed by atoms with van der Waals surface area (Å²) in [5.74, 6) is 1.26. The summed E-state index contributed by atoms with van der Waals surface area (Å²) in [6.45, 7) is -5.20. The number of aromatic amines is 1. The molecule has 0 radical (unpaired) electrons. The van der Waals surface area contributed by atoms with Gasteiger partial charge >= 0.3 is 12.4 Å². The number of nitrogens with one attached hydrogen (secondary N) is 1. The fourth-order valence-corrected chi connectivity index (χ4v) is 5.71. The van der Waals surface area contributed by atoms with E-state index in [2.05, 4.69) is 0 Å². The van der Waals surface area contributed by atoms with Crippen LogP contribution in [0.15, 0.2) is 70.4 Å².